The van der Waals surface area contributed by atoms with E-state index < -0.39 is 0 Å². The van der Waals surface area contributed by atoms with Crippen LogP contribution < -0.4 is 5.32 Å². The molecule has 0 saturated heterocycles. The summed E-state index contributed by atoms with van der Waals surface area (Å²) in [6.45, 7) is 9.89. The highest BCUT2D eigenvalue weighted by Crippen LogP contribution is 2.29. The van der Waals surface area contributed by atoms with Gasteiger partial charge in [0.15, 0.2) is 8.68 Å². The van der Waals surface area contributed by atoms with Gasteiger partial charge in [0, 0.05) is 11.4 Å². The Morgan fingerprint density at radius 2 is 1.70 bits per heavy atom. The summed E-state index contributed by atoms with van der Waals surface area (Å²) >= 11 is 4.54. The molecular formula is C16H19N3OS3. The van der Waals surface area contributed by atoms with Crippen LogP contribution in [0.2, 0.25) is 0 Å². The van der Waals surface area contributed by atoms with Crippen molar-refractivity contribution in [2.45, 2.75) is 29.5 Å². The van der Waals surface area contributed by atoms with Gasteiger partial charge in [-0.2, -0.15) is 0 Å². The third-order valence-corrected chi connectivity index (χ3v) is 6.08. The summed E-state index contributed by atoms with van der Waals surface area (Å²) < 4.78 is 1.72. The molecular weight excluding hydrogens is 346 g/mol. The second-order valence-electron chi connectivity index (χ2n) is 5.29. The zero-order valence-corrected chi connectivity index (χ0v) is 15.8. The van der Waals surface area contributed by atoms with Crippen LogP contribution in [-0.4, -0.2) is 27.6 Å². The van der Waals surface area contributed by atoms with E-state index in [1.54, 1.807) is 11.8 Å². The van der Waals surface area contributed by atoms with E-state index in [1.165, 1.54) is 23.1 Å². The standard InChI is InChI=1S/C16H19N3OS3/c1-10(2)8-21-15-18-19-16(23-15)22-9-14(20)17-13-6-11(3)5-12(4)7-13/h5-7H,1,8-9H2,2-4H3,(H,17,20). The molecule has 1 amide bonds. The van der Waals surface area contributed by atoms with Crippen LogP contribution in [0, 0.1) is 13.8 Å². The lowest BCUT2D eigenvalue weighted by molar-refractivity contribution is -0.113. The van der Waals surface area contributed by atoms with Gasteiger partial charge >= 0.3 is 0 Å². The number of hydrogen-bond donors (Lipinski definition) is 1. The van der Waals surface area contributed by atoms with Gasteiger partial charge < -0.3 is 5.32 Å². The van der Waals surface area contributed by atoms with Gasteiger partial charge in [0.25, 0.3) is 0 Å². The SMILES string of the molecule is C=C(C)CSc1nnc(SCC(=O)Nc2cc(C)cc(C)c2)s1. The van der Waals surface area contributed by atoms with E-state index in [0.717, 1.165) is 36.8 Å². The Kier molecular flexibility index (Phi) is 6.68. The van der Waals surface area contributed by atoms with Gasteiger partial charge in [0.2, 0.25) is 5.91 Å². The molecule has 23 heavy (non-hydrogen) atoms. The Balaban J connectivity index is 1.83. The highest BCUT2D eigenvalue weighted by Gasteiger charge is 2.09. The van der Waals surface area contributed by atoms with E-state index in [9.17, 15) is 4.79 Å². The van der Waals surface area contributed by atoms with Crippen molar-refractivity contribution in [3.63, 3.8) is 0 Å². The normalized spacial score (nSPS) is 10.6. The second-order valence-corrected chi connectivity index (χ2v) is 8.72. The van der Waals surface area contributed by atoms with E-state index in [4.69, 9.17) is 0 Å². The molecule has 0 aliphatic heterocycles. The van der Waals surface area contributed by atoms with Crippen molar-refractivity contribution in [3.8, 4) is 0 Å². The molecule has 1 aromatic carbocycles. The van der Waals surface area contributed by atoms with Crippen molar-refractivity contribution in [2.75, 3.05) is 16.8 Å². The molecule has 0 atom stereocenters. The van der Waals surface area contributed by atoms with Crippen LogP contribution in [0.15, 0.2) is 39.0 Å². The van der Waals surface area contributed by atoms with Gasteiger partial charge in [-0.05, 0) is 44.0 Å². The van der Waals surface area contributed by atoms with Gasteiger partial charge in [0.05, 0.1) is 5.75 Å². The van der Waals surface area contributed by atoms with Crippen LogP contribution in [0.4, 0.5) is 5.69 Å². The Morgan fingerprint density at radius 3 is 2.26 bits per heavy atom. The molecule has 0 bridgehead atoms. The minimum atomic E-state index is -0.0358. The van der Waals surface area contributed by atoms with E-state index >= 15 is 0 Å². The molecule has 122 valence electrons. The third-order valence-electron chi connectivity index (χ3n) is 2.66. The summed E-state index contributed by atoms with van der Waals surface area (Å²) in [7, 11) is 0. The van der Waals surface area contributed by atoms with Gasteiger partial charge in [-0.1, -0.05) is 53.1 Å². The average molecular weight is 366 g/mol. The summed E-state index contributed by atoms with van der Waals surface area (Å²) in [5.41, 5.74) is 4.21. The van der Waals surface area contributed by atoms with Crippen LogP contribution in [0.3, 0.4) is 0 Å². The Morgan fingerprint density at radius 1 is 1.13 bits per heavy atom. The minimum absolute atomic E-state index is 0.0358. The lowest BCUT2D eigenvalue weighted by Gasteiger charge is -2.06. The van der Waals surface area contributed by atoms with Crippen LogP contribution in [0.1, 0.15) is 18.1 Å². The lowest BCUT2D eigenvalue weighted by atomic mass is 10.1. The molecule has 1 N–H and O–H groups in total. The maximum Gasteiger partial charge on any atom is 0.234 e. The molecule has 4 nitrogen and oxygen atoms in total. The number of aromatic nitrogens is 2. The fourth-order valence-corrected chi connectivity index (χ4v) is 4.53. The first kappa shape index (κ1) is 18.0. The predicted molar refractivity (Wildman–Crippen MR) is 101 cm³/mol. The quantitative estimate of drug-likeness (QED) is 0.576. The average Bonchev–Trinajstić information content (AvgIpc) is 2.90. The fraction of sp³-hybridized carbons (Fsp3) is 0.312. The molecule has 0 saturated carbocycles. The number of anilines is 1. The van der Waals surface area contributed by atoms with Crippen LogP contribution in [0.25, 0.3) is 0 Å². The second kappa shape index (κ2) is 8.52. The molecule has 0 unspecified atom stereocenters. The van der Waals surface area contributed by atoms with Crippen molar-refractivity contribution in [2.24, 2.45) is 0 Å². The number of nitrogens with zero attached hydrogens (tertiary/aromatic N) is 2. The summed E-state index contributed by atoms with van der Waals surface area (Å²) in [6.07, 6.45) is 0. The number of thioether (sulfide) groups is 2. The number of hydrogen-bond acceptors (Lipinski definition) is 6. The van der Waals surface area contributed by atoms with Crippen LogP contribution in [-0.2, 0) is 4.79 Å². The zero-order valence-electron chi connectivity index (χ0n) is 13.4. The highest BCUT2D eigenvalue weighted by atomic mass is 32.2. The number of benzene rings is 1. The topological polar surface area (TPSA) is 54.9 Å². The number of aryl methyl sites for hydroxylation is 2. The number of nitrogens with one attached hydrogen (secondary N) is 1. The lowest BCUT2D eigenvalue weighted by Crippen LogP contribution is -2.14. The molecule has 2 rings (SSSR count). The third kappa shape index (κ3) is 6.37. The minimum Gasteiger partial charge on any atom is -0.325 e. The number of carbonyl (C=O) groups excluding carboxylic acids is 1. The molecule has 2 aromatic rings. The Bertz CT molecular complexity index is 692. The van der Waals surface area contributed by atoms with Gasteiger partial charge in [-0.25, -0.2) is 0 Å². The molecule has 0 fully saturated rings. The number of rotatable bonds is 7. The van der Waals surface area contributed by atoms with Crippen molar-refractivity contribution in [3.05, 3.63) is 41.5 Å². The first-order chi connectivity index (χ1) is 10.9. The molecule has 1 heterocycles. The highest BCUT2D eigenvalue weighted by molar-refractivity contribution is 8.03. The first-order valence-electron chi connectivity index (χ1n) is 7.04. The first-order valence-corrected chi connectivity index (χ1v) is 9.83. The van der Waals surface area contributed by atoms with Crippen molar-refractivity contribution in [1.29, 1.82) is 0 Å². The predicted octanol–water partition coefficient (Wildman–Crippen LogP) is 4.55. The zero-order chi connectivity index (χ0) is 16.8. The summed E-state index contributed by atoms with van der Waals surface area (Å²) in [5.74, 6) is 1.13. The molecule has 0 aliphatic rings. The van der Waals surface area contributed by atoms with Crippen molar-refractivity contribution in [1.82, 2.24) is 10.2 Å². The maximum atomic E-state index is 12.0. The van der Waals surface area contributed by atoms with Crippen molar-refractivity contribution < 1.29 is 4.79 Å². The van der Waals surface area contributed by atoms with Gasteiger partial charge in [-0.15, -0.1) is 10.2 Å². The van der Waals surface area contributed by atoms with E-state index in [1.807, 2.05) is 32.9 Å². The molecule has 0 spiro atoms. The summed E-state index contributed by atoms with van der Waals surface area (Å²) in [6, 6.07) is 6.01. The summed E-state index contributed by atoms with van der Waals surface area (Å²) in [4.78, 5) is 12.0. The molecule has 0 radical (unpaired) electrons. The monoisotopic (exact) mass is 365 g/mol. The van der Waals surface area contributed by atoms with Gasteiger partial charge in [-0.3, -0.25) is 4.79 Å². The van der Waals surface area contributed by atoms with Crippen LogP contribution in [0.5, 0.6) is 0 Å². The van der Waals surface area contributed by atoms with Crippen molar-refractivity contribution >= 4 is 46.5 Å². The van der Waals surface area contributed by atoms with Gasteiger partial charge in [0.1, 0.15) is 0 Å². The molecule has 0 aliphatic carbocycles. The maximum absolute atomic E-state index is 12.0. The van der Waals surface area contributed by atoms with E-state index in [0.29, 0.717) is 5.75 Å². The number of carbonyl (C=O) groups is 1. The molecule has 7 heteroatoms. The smallest absolute Gasteiger partial charge is 0.234 e. The fourth-order valence-electron chi connectivity index (χ4n) is 1.87. The van der Waals surface area contributed by atoms with E-state index in [-0.39, 0.29) is 5.91 Å². The van der Waals surface area contributed by atoms with E-state index in [2.05, 4.69) is 28.2 Å². The van der Waals surface area contributed by atoms with Crippen LogP contribution >= 0.6 is 34.9 Å². The molecule has 1 aromatic heterocycles. The largest absolute Gasteiger partial charge is 0.325 e. The Labute approximate surface area is 149 Å². The Hall–Kier alpha value is -1.31. The number of amides is 1. The summed E-state index contributed by atoms with van der Waals surface area (Å²) in [5, 5.41) is 11.1.